The molecule has 2 aromatic heterocycles. The number of nitrogens with two attached hydrogens (primary N) is 1. The van der Waals surface area contributed by atoms with Gasteiger partial charge in [0.25, 0.3) is 0 Å². The predicted molar refractivity (Wildman–Crippen MR) is 81.4 cm³/mol. The molecule has 0 aliphatic rings. The number of anilines is 1. The Morgan fingerprint density at radius 2 is 2.18 bits per heavy atom. The average molecular weight is 315 g/mol. The van der Waals surface area contributed by atoms with Crippen LogP contribution < -0.4 is 10.5 Å². The van der Waals surface area contributed by atoms with E-state index in [-0.39, 0.29) is 0 Å². The standard InChI is InChI=1S/C14H11ClN6O/c15-11-5-10(2-1-9(11)6-16)22-4-3-21-8-20-12-13(17)18-7-19-14(12)21/h1-2,5,7-8H,3-4H2,(H2,17,18,19). The number of rotatable bonds is 4. The lowest BCUT2D eigenvalue weighted by Gasteiger charge is -2.08. The highest BCUT2D eigenvalue weighted by molar-refractivity contribution is 6.31. The third kappa shape index (κ3) is 2.64. The average Bonchev–Trinajstić information content (AvgIpc) is 2.92. The number of fused-ring (bicyclic) bond motifs is 1. The maximum absolute atomic E-state index is 8.83. The summed E-state index contributed by atoms with van der Waals surface area (Å²) in [6.45, 7) is 0.947. The number of imidazole rings is 1. The maximum Gasteiger partial charge on any atom is 0.165 e. The monoisotopic (exact) mass is 314 g/mol. The summed E-state index contributed by atoms with van der Waals surface area (Å²) in [5.74, 6) is 0.950. The Morgan fingerprint density at radius 3 is 2.95 bits per heavy atom. The Morgan fingerprint density at radius 1 is 1.32 bits per heavy atom. The third-order valence-electron chi connectivity index (χ3n) is 3.09. The van der Waals surface area contributed by atoms with Crippen LogP contribution in [0.2, 0.25) is 5.02 Å². The lowest BCUT2D eigenvalue weighted by atomic mass is 10.2. The van der Waals surface area contributed by atoms with Crippen molar-refractivity contribution in [2.75, 3.05) is 12.3 Å². The van der Waals surface area contributed by atoms with Gasteiger partial charge in [-0.3, -0.25) is 0 Å². The first-order chi connectivity index (χ1) is 10.7. The van der Waals surface area contributed by atoms with Gasteiger partial charge in [0, 0.05) is 6.07 Å². The van der Waals surface area contributed by atoms with Crippen molar-refractivity contribution in [3.05, 3.63) is 41.4 Å². The van der Waals surface area contributed by atoms with Gasteiger partial charge in [-0.1, -0.05) is 11.6 Å². The van der Waals surface area contributed by atoms with E-state index in [1.54, 1.807) is 24.5 Å². The zero-order valence-corrected chi connectivity index (χ0v) is 12.2. The van der Waals surface area contributed by atoms with E-state index in [9.17, 15) is 0 Å². The van der Waals surface area contributed by atoms with Gasteiger partial charge in [0.2, 0.25) is 0 Å². The van der Waals surface area contributed by atoms with Crippen LogP contribution in [0.15, 0.2) is 30.9 Å². The van der Waals surface area contributed by atoms with Crippen molar-refractivity contribution in [3.63, 3.8) is 0 Å². The van der Waals surface area contributed by atoms with E-state index in [0.29, 0.717) is 46.5 Å². The molecule has 0 saturated heterocycles. The molecule has 0 aliphatic carbocycles. The van der Waals surface area contributed by atoms with Crippen molar-refractivity contribution >= 4 is 28.6 Å². The highest BCUT2D eigenvalue weighted by Gasteiger charge is 2.08. The summed E-state index contributed by atoms with van der Waals surface area (Å²) >= 11 is 5.95. The number of nitrogen functional groups attached to an aromatic ring is 1. The van der Waals surface area contributed by atoms with Crippen LogP contribution in [0.4, 0.5) is 5.82 Å². The minimum atomic E-state index is 0.351. The molecule has 7 nitrogen and oxygen atoms in total. The molecule has 22 heavy (non-hydrogen) atoms. The van der Waals surface area contributed by atoms with Gasteiger partial charge in [0.05, 0.1) is 23.5 Å². The van der Waals surface area contributed by atoms with E-state index < -0.39 is 0 Å². The number of halogens is 1. The van der Waals surface area contributed by atoms with Crippen molar-refractivity contribution in [1.29, 1.82) is 5.26 Å². The summed E-state index contributed by atoms with van der Waals surface area (Å²) < 4.78 is 7.45. The van der Waals surface area contributed by atoms with Gasteiger partial charge in [-0.05, 0) is 12.1 Å². The van der Waals surface area contributed by atoms with E-state index in [1.807, 2.05) is 10.6 Å². The number of aromatic nitrogens is 4. The molecule has 0 amide bonds. The van der Waals surface area contributed by atoms with Gasteiger partial charge in [-0.15, -0.1) is 0 Å². The summed E-state index contributed by atoms with van der Waals surface area (Å²) in [6, 6.07) is 6.95. The van der Waals surface area contributed by atoms with Crippen LogP contribution in [0, 0.1) is 11.3 Å². The van der Waals surface area contributed by atoms with Crippen LogP contribution in [-0.2, 0) is 6.54 Å². The minimum Gasteiger partial charge on any atom is -0.492 e. The van der Waals surface area contributed by atoms with Crippen LogP contribution in [0.1, 0.15) is 5.56 Å². The van der Waals surface area contributed by atoms with E-state index in [2.05, 4.69) is 15.0 Å². The summed E-state index contributed by atoms with van der Waals surface area (Å²) in [5.41, 5.74) is 7.39. The summed E-state index contributed by atoms with van der Waals surface area (Å²) in [5, 5.41) is 9.19. The second-order valence-electron chi connectivity index (χ2n) is 4.47. The largest absolute Gasteiger partial charge is 0.492 e. The molecule has 2 heterocycles. The first-order valence-corrected chi connectivity index (χ1v) is 6.80. The first kappa shape index (κ1) is 14.1. The van der Waals surface area contributed by atoms with Gasteiger partial charge in [-0.25, -0.2) is 15.0 Å². The molecule has 8 heteroatoms. The zero-order valence-electron chi connectivity index (χ0n) is 11.4. The molecule has 0 aliphatic heterocycles. The third-order valence-corrected chi connectivity index (χ3v) is 3.40. The maximum atomic E-state index is 8.83. The second kappa shape index (κ2) is 5.87. The number of nitrogens with zero attached hydrogens (tertiary/aromatic N) is 5. The molecule has 3 aromatic rings. The first-order valence-electron chi connectivity index (χ1n) is 6.43. The van der Waals surface area contributed by atoms with Crippen LogP contribution in [0.25, 0.3) is 11.2 Å². The van der Waals surface area contributed by atoms with Gasteiger partial charge in [-0.2, -0.15) is 5.26 Å². The minimum absolute atomic E-state index is 0.351. The zero-order chi connectivity index (χ0) is 15.5. The Hall–Kier alpha value is -2.85. The fourth-order valence-electron chi connectivity index (χ4n) is 2.00. The van der Waals surface area contributed by atoms with Crippen molar-refractivity contribution in [2.45, 2.75) is 6.54 Å². The van der Waals surface area contributed by atoms with Crippen LogP contribution in [0.5, 0.6) is 5.75 Å². The molecule has 0 unspecified atom stereocenters. The van der Waals surface area contributed by atoms with E-state index >= 15 is 0 Å². The Balaban J connectivity index is 1.69. The summed E-state index contributed by atoms with van der Waals surface area (Å²) in [6.07, 6.45) is 3.04. The number of ether oxygens (including phenoxy) is 1. The second-order valence-corrected chi connectivity index (χ2v) is 4.88. The SMILES string of the molecule is N#Cc1ccc(OCCn2cnc3c(N)ncnc32)cc1Cl. The lowest BCUT2D eigenvalue weighted by molar-refractivity contribution is 0.300. The molecule has 0 spiro atoms. The van der Waals surface area contributed by atoms with Gasteiger partial charge in [0.15, 0.2) is 11.5 Å². The molecule has 2 N–H and O–H groups in total. The van der Waals surface area contributed by atoms with Crippen molar-refractivity contribution in [3.8, 4) is 11.8 Å². The number of benzene rings is 1. The van der Waals surface area contributed by atoms with Crippen LogP contribution >= 0.6 is 11.6 Å². The van der Waals surface area contributed by atoms with Gasteiger partial charge in [0.1, 0.15) is 30.3 Å². The summed E-state index contributed by atoms with van der Waals surface area (Å²) in [4.78, 5) is 12.2. The van der Waals surface area contributed by atoms with Gasteiger partial charge < -0.3 is 15.0 Å². The van der Waals surface area contributed by atoms with Crippen LogP contribution in [-0.4, -0.2) is 26.1 Å². The summed E-state index contributed by atoms with van der Waals surface area (Å²) in [7, 11) is 0. The highest BCUT2D eigenvalue weighted by atomic mass is 35.5. The highest BCUT2D eigenvalue weighted by Crippen LogP contribution is 2.22. The Kier molecular flexibility index (Phi) is 3.76. The molecular formula is C14H11ClN6O. The lowest BCUT2D eigenvalue weighted by Crippen LogP contribution is -2.08. The molecule has 0 radical (unpaired) electrons. The molecular weight excluding hydrogens is 304 g/mol. The molecule has 3 rings (SSSR count). The fraction of sp³-hybridized carbons (Fsp3) is 0.143. The topological polar surface area (TPSA) is 103 Å². The molecule has 110 valence electrons. The predicted octanol–water partition coefficient (Wildman–Crippen LogP) is 2.01. The number of hydrogen-bond donors (Lipinski definition) is 1. The molecule has 0 saturated carbocycles. The van der Waals surface area contributed by atoms with Crippen LogP contribution in [0.3, 0.4) is 0 Å². The molecule has 0 fully saturated rings. The number of hydrogen-bond acceptors (Lipinski definition) is 6. The van der Waals surface area contributed by atoms with Crippen molar-refractivity contribution in [1.82, 2.24) is 19.5 Å². The smallest absolute Gasteiger partial charge is 0.165 e. The molecule has 0 atom stereocenters. The normalized spacial score (nSPS) is 10.5. The van der Waals surface area contributed by atoms with Crippen molar-refractivity contribution < 1.29 is 4.74 Å². The van der Waals surface area contributed by atoms with E-state index in [1.165, 1.54) is 6.33 Å². The van der Waals surface area contributed by atoms with Gasteiger partial charge >= 0.3 is 0 Å². The molecule has 1 aromatic carbocycles. The van der Waals surface area contributed by atoms with E-state index in [4.69, 9.17) is 27.3 Å². The van der Waals surface area contributed by atoms with E-state index in [0.717, 1.165) is 0 Å². The quantitative estimate of drug-likeness (QED) is 0.790. The fourth-order valence-corrected chi connectivity index (χ4v) is 2.21. The van der Waals surface area contributed by atoms with Crippen molar-refractivity contribution in [2.24, 2.45) is 0 Å². The molecule has 0 bridgehead atoms. The Labute approximate surface area is 130 Å². The number of nitriles is 1. The Bertz CT molecular complexity index is 869.